The van der Waals surface area contributed by atoms with Gasteiger partial charge >= 0.3 is 23.1 Å². The van der Waals surface area contributed by atoms with E-state index in [0.717, 1.165) is 110 Å². The fourth-order valence-corrected chi connectivity index (χ4v) is 18.4. The molecule has 24 rings (SSSR count). The van der Waals surface area contributed by atoms with Crippen LogP contribution in [0.4, 0.5) is 22.1 Å². The topological polar surface area (TPSA) is 482 Å². The van der Waals surface area contributed by atoms with Gasteiger partial charge in [-0.15, -0.1) is 0 Å². The van der Waals surface area contributed by atoms with Crippen LogP contribution in [0, 0.1) is 45.3 Å². The van der Waals surface area contributed by atoms with Gasteiger partial charge in [-0.2, -0.15) is 21.0 Å². The highest BCUT2D eigenvalue weighted by Crippen LogP contribution is 2.43. The SMILES string of the molecule is C=C1NC(=O)N(c2ccc(C(C)(C)C#N)cc2)c2c1cnc1ccc(-c3cnc(N4CCN(C)CC4)nc3)nc21.CC(C)(C#N)c1ccc(-n2c(=O)[nH]c(=O)c3cnc4ccc(-c5c[nH]c6ncccc56)nc4c32)cc1.CC(C)(C#N)c1ccc(-n2c(=O)[nH]c(=O)c3cnc4ccc(-c5cnc6c(c5)C=CC6)nc4c32)cc1.CC(C)(C#N)c1ccc(-n2c(=O)[nH]c(=O)c3cnc4ccc(-c5cnc6ccccc6c5)nc4c32)cc1. The van der Waals surface area contributed by atoms with Gasteiger partial charge < -0.3 is 20.1 Å². The van der Waals surface area contributed by atoms with E-state index in [-0.39, 0.29) is 22.2 Å². The van der Waals surface area contributed by atoms with Crippen LogP contribution < -0.4 is 48.9 Å². The summed E-state index contributed by atoms with van der Waals surface area (Å²) in [6, 6.07) is 68.1. The number of benzene rings is 5. The zero-order valence-electron chi connectivity index (χ0n) is 81.8. The zero-order valence-corrected chi connectivity index (χ0v) is 81.8. The van der Waals surface area contributed by atoms with Crippen LogP contribution in [0.2, 0.25) is 0 Å². The summed E-state index contributed by atoms with van der Waals surface area (Å²) >= 11 is 0. The molecule has 16 aromatic heterocycles. The summed E-state index contributed by atoms with van der Waals surface area (Å²) in [6.45, 7) is 22.5. The molecule has 1 fully saturated rings. The van der Waals surface area contributed by atoms with Gasteiger partial charge in [-0.3, -0.25) is 77.8 Å². The Morgan fingerprint density at radius 1 is 0.383 bits per heavy atom. The van der Waals surface area contributed by atoms with Crippen LogP contribution >= 0.6 is 0 Å². The molecule has 0 unspecified atom stereocenters. The Morgan fingerprint density at radius 3 is 1.28 bits per heavy atom. The second kappa shape index (κ2) is 37.7. The maximum absolute atomic E-state index is 13.3. The Hall–Kier alpha value is -20.0. The van der Waals surface area contributed by atoms with Crippen molar-refractivity contribution in [2.24, 2.45) is 0 Å². The van der Waals surface area contributed by atoms with Crippen molar-refractivity contribution in [3.8, 4) is 86.4 Å². The van der Waals surface area contributed by atoms with Crippen LogP contribution in [0.3, 0.4) is 0 Å². The summed E-state index contributed by atoms with van der Waals surface area (Å²) in [7, 11) is 2.12. The molecule has 3 aliphatic rings. The number of hydrogen-bond acceptors (Lipinski definition) is 26. The first-order valence-electron chi connectivity index (χ1n) is 47.6. The van der Waals surface area contributed by atoms with Crippen molar-refractivity contribution >= 4 is 134 Å². The number of nitriles is 4. The minimum Gasteiger partial charge on any atom is -0.345 e. The molecule has 0 saturated carbocycles. The van der Waals surface area contributed by atoms with Gasteiger partial charge in [0.15, 0.2) is 0 Å². The third-order valence-electron chi connectivity index (χ3n) is 27.2. The molecule has 35 nitrogen and oxygen atoms in total. The number of para-hydroxylation sites is 1. The number of aromatic nitrogens is 20. The quantitative estimate of drug-likeness (QED) is 0.0669. The summed E-state index contributed by atoms with van der Waals surface area (Å²) in [4.78, 5) is 167. The first-order chi connectivity index (χ1) is 71.8. The Kier molecular flexibility index (Phi) is 24.1. The van der Waals surface area contributed by atoms with E-state index in [1.165, 1.54) is 32.3 Å². The average Bonchev–Trinajstić information content (AvgIpc) is 1.36. The maximum Gasteiger partial charge on any atom is 0.333 e. The number of anilines is 3. The summed E-state index contributed by atoms with van der Waals surface area (Å²) in [5.41, 5.74) is 16.1. The van der Waals surface area contributed by atoms with Gasteiger partial charge in [0, 0.05) is 139 Å². The number of nitrogens with zero attached hydrogens (tertiary/aromatic N) is 23. The maximum atomic E-state index is 13.3. The number of pyridine rings is 11. The highest BCUT2D eigenvalue weighted by Gasteiger charge is 2.34. The lowest BCUT2D eigenvalue weighted by molar-refractivity contribution is 0.251. The molecule has 0 radical (unpaired) electrons. The van der Waals surface area contributed by atoms with Crippen molar-refractivity contribution in [3.05, 3.63) is 370 Å². The Balaban J connectivity index is 0.000000116. The minimum atomic E-state index is -0.683. The first-order valence-corrected chi connectivity index (χ1v) is 47.6. The van der Waals surface area contributed by atoms with Crippen LogP contribution in [0.5, 0.6) is 0 Å². The number of piperazine rings is 1. The van der Waals surface area contributed by atoms with Crippen LogP contribution in [0.1, 0.15) is 94.5 Å². The molecule has 1 aliphatic carbocycles. The molecule has 726 valence electrons. The third kappa shape index (κ3) is 17.7. The molecule has 0 bridgehead atoms. The molecule has 0 spiro atoms. The second-order valence-electron chi connectivity index (χ2n) is 38.4. The number of H-pyrrole nitrogens is 4. The van der Waals surface area contributed by atoms with Gasteiger partial charge in [-0.25, -0.2) is 54.1 Å². The van der Waals surface area contributed by atoms with Crippen molar-refractivity contribution in [1.82, 2.24) is 109 Å². The van der Waals surface area contributed by atoms with Gasteiger partial charge in [-0.1, -0.05) is 85.5 Å². The average molecular weight is 1960 g/mol. The summed E-state index contributed by atoms with van der Waals surface area (Å²) < 4.78 is 4.29. The molecule has 5 aromatic carbocycles. The molecule has 21 aromatic rings. The molecule has 5 N–H and O–H groups in total. The monoisotopic (exact) mass is 1960 g/mol. The van der Waals surface area contributed by atoms with Crippen molar-refractivity contribution in [2.75, 3.05) is 43.0 Å². The van der Waals surface area contributed by atoms with E-state index in [4.69, 9.17) is 19.9 Å². The van der Waals surface area contributed by atoms with Gasteiger partial charge in [0.25, 0.3) is 16.7 Å². The van der Waals surface area contributed by atoms with E-state index in [1.807, 2.05) is 225 Å². The zero-order chi connectivity index (χ0) is 104. The minimum absolute atomic E-state index is 0.244. The number of likely N-dealkylation sites (N-methyl/N-ethyl adjacent to an activating group) is 1. The van der Waals surface area contributed by atoms with Gasteiger partial charge in [0.05, 0.1) is 163 Å². The molecule has 18 heterocycles. The van der Waals surface area contributed by atoms with Gasteiger partial charge in [-0.05, 0) is 218 Å². The van der Waals surface area contributed by atoms with Crippen LogP contribution in [-0.4, -0.2) is 143 Å². The van der Waals surface area contributed by atoms with Crippen molar-refractivity contribution in [1.29, 1.82) is 21.0 Å². The number of carbonyl (C=O) groups excluding carboxylic acids is 1. The number of urea groups is 1. The molecular formula is C114H88N28O7. The number of aromatic amines is 4. The van der Waals surface area contributed by atoms with Crippen molar-refractivity contribution in [2.45, 2.75) is 83.5 Å². The molecule has 0 atom stereocenters. The number of carbonyl (C=O) groups is 1. The first kappa shape index (κ1) is 95.2. The molecule has 2 aliphatic heterocycles. The Morgan fingerprint density at radius 2 is 0.792 bits per heavy atom. The van der Waals surface area contributed by atoms with Crippen LogP contribution in [0.15, 0.2) is 298 Å². The lowest BCUT2D eigenvalue weighted by Crippen LogP contribution is -2.45. The lowest BCUT2D eigenvalue weighted by atomic mass is 9.86. The van der Waals surface area contributed by atoms with E-state index in [9.17, 15) is 54.6 Å². The fraction of sp³-hybridized carbons (Fsp3) is 0.158. The van der Waals surface area contributed by atoms with E-state index in [2.05, 4.69) is 124 Å². The van der Waals surface area contributed by atoms with E-state index >= 15 is 0 Å². The van der Waals surface area contributed by atoms with E-state index in [1.54, 1.807) is 78.5 Å². The van der Waals surface area contributed by atoms with E-state index in [0.29, 0.717) is 129 Å². The number of nitrogens with one attached hydrogen (secondary N) is 5. The van der Waals surface area contributed by atoms with Gasteiger partial charge in [0.2, 0.25) is 5.95 Å². The number of fused-ring (bicyclic) bond motifs is 15. The molecule has 1 saturated heterocycles. The Labute approximate surface area is 846 Å². The van der Waals surface area contributed by atoms with Gasteiger partial charge in [0.1, 0.15) is 27.7 Å². The molecular weight excluding hydrogens is 1870 g/mol. The largest absolute Gasteiger partial charge is 0.345 e. The standard InChI is InChI=1S/C30H29N9O.C29H20N6O2.C28H20N6O2.C27H19N7O2/c1-19-23-17-32-25-10-9-24(20-15-33-28(34-16-20)38-13-11-37(4)12-14-38)36-26(25)27(23)39(29(40)35-19)22-7-5-21(6-8-22)30(2,3)18-31;1-29(2,16-30)19-7-9-20(10-8-19)35-26-21(27(36)34-28(35)37)15-32-24-12-11-23(33-25(24)26)18-13-17-5-3-4-6-22(17)31-14-18;1-28(2,15-29)18-6-8-19(9-7-18)34-25-20(26(35)33-27(34)36)14-31-23-11-10-22(32-24(23)25)17-12-16-4-3-5-21(16)30-13-17;1-27(2,14-28)15-5-7-16(8-6-15)34-23-19(25(35)33-26(34)36)13-30-21-10-9-20(32-22(21)23)18-12-31-24-17(18)4-3-11-29-24/h5-10,15-17H,1,11-14H2,2-4H3,(H,35,40);3-15H,1-2H3,(H,34,36,37);3-4,6-14H,5H2,1-2H3,(H,33,35,36);3-13H,1-2H3,(H,29,31)(H,33,35,36). The molecule has 2 amide bonds. The number of hydrogen-bond donors (Lipinski definition) is 5. The van der Waals surface area contributed by atoms with E-state index < -0.39 is 55.4 Å². The normalized spacial score (nSPS) is 13.1. The highest BCUT2D eigenvalue weighted by atomic mass is 16.2. The van der Waals surface area contributed by atoms with Crippen LogP contribution in [0.25, 0.3) is 173 Å². The second-order valence-corrected chi connectivity index (χ2v) is 38.4. The Bertz CT molecular complexity index is 9780. The fourth-order valence-electron chi connectivity index (χ4n) is 18.4. The summed E-state index contributed by atoms with van der Waals surface area (Å²) in [6.07, 6.45) is 21.7. The van der Waals surface area contributed by atoms with Crippen molar-refractivity contribution in [3.63, 3.8) is 0 Å². The molecule has 149 heavy (non-hydrogen) atoms. The molecule has 35 heteroatoms. The highest BCUT2D eigenvalue weighted by molar-refractivity contribution is 6.15. The summed E-state index contributed by atoms with van der Waals surface area (Å²) in [5.74, 6) is 0.707. The third-order valence-corrected chi connectivity index (χ3v) is 27.2. The predicted molar refractivity (Wildman–Crippen MR) is 573 cm³/mol. The number of allylic oxidation sites excluding steroid dienone is 1. The van der Waals surface area contributed by atoms with Crippen molar-refractivity contribution < 1.29 is 4.79 Å². The predicted octanol–water partition coefficient (Wildman–Crippen LogP) is 17.1. The number of amides is 2. The lowest BCUT2D eigenvalue weighted by Gasteiger charge is -2.32. The smallest absolute Gasteiger partial charge is 0.333 e. The summed E-state index contributed by atoms with van der Waals surface area (Å²) in [5, 5.41) is 43.4. The number of rotatable bonds is 13. The van der Waals surface area contributed by atoms with Crippen LogP contribution in [-0.2, 0) is 28.1 Å².